The molecule has 2 aliphatic carbocycles. The molecule has 0 bridgehead atoms. The van der Waals surface area contributed by atoms with Crippen molar-refractivity contribution >= 4 is 10.8 Å². The molecule has 0 aromatic carbocycles. The Balaban J connectivity index is 1.71. The van der Waals surface area contributed by atoms with E-state index in [4.69, 9.17) is 9.47 Å². The maximum Gasteiger partial charge on any atom is 0.169 e. The molecule has 0 aromatic heterocycles. The largest absolute Gasteiger partial charge is 0.347 e. The minimum atomic E-state index is -0.769. The molecular formula is C16H29NO3S. The molecule has 3 aliphatic rings. The SMILES string of the molecule is CCNC1CCC2(CC1S(=O)C1CCCCC1)OCCO2. The average molecular weight is 315 g/mol. The van der Waals surface area contributed by atoms with Crippen LogP contribution in [0.15, 0.2) is 0 Å². The Hall–Kier alpha value is 0.0300. The van der Waals surface area contributed by atoms with Crippen LogP contribution in [0.2, 0.25) is 0 Å². The number of nitrogens with one attached hydrogen (secondary N) is 1. The lowest BCUT2D eigenvalue weighted by Gasteiger charge is -2.42. The van der Waals surface area contributed by atoms with Gasteiger partial charge in [0.2, 0.25) is 0 Å². The Morgan fingerprint density at radius 1 is 1.14 bits per heavy atom. The highest BCUT2D eigenvalue weighted by Crippen LogP contribution is 2.39. The van der Waals surface area contributed by atoms with E-state index in [1.807, 2.05) is 0 Å². The Morgan fingerprint density at radius 3 is 2.52 bits per heavy atom. The molecule has 1 aliphatic heterocycles. The molecule has 0 radical (unpaired) electrons. The summed E-state index contributed by atoms with van der Waals surface area (Å²) < 4.78 is 24.9. The van der Waals surface area contributed by atoms with E-state index in [0.29, 0.717) is 24.5 Å². The van der Waals surface area contributed by atoms with Gasteiger partial charge in [0.1, 0.15) is 0 Å². The molecule has 5 heteroatoms. The highest BCUT2D eigenvalue weighted by molar-refractivity contribution is 7.86. The van der Waals surface area contributed by atoms with Crippen molar-refractivity contribution in [1.82, 2.24) is 5.32 Å². The van der Waals surface area contributed by atoms with Crippen molar-refractivity contribution in [2.75, 3.05) is 19.8 Å². The van der Waals surface area contributed by atoms with Gasteiger partial charge in [-0.15, -0.1) is 0 Å². The first kappa shape index (κ1) is 15.9. The van der Waals surface area contributed by atoms with Crippen LogP contribution in [0.25, 0.3) is 0 Å². The minimum Gasteiger partial charge on any atom is -0.347 e. The maximum atomic E-state index is 13.1. The van der Waals surface area contributed by atoms with Gasteiger partial charge in [-0.2, -0.15) is 0 Å². The predicted molar refractivity (Wildman–Crippen MR) is 84.8 cm³/mol. The topological polar surface area (TPSA) is 47.6 Å². The van der Waals surface area contributed by atoms with Crippen molar-refractivity contribution in [3.8, 4) is 0 Å². The normalized spacial score (nSPS) is 35.1. The van der Waals surface area contributed by atoms with Gasteiger partial charge < -0.3 is 14.8 Å². The van der Waals surface area contributed by atoms with Gasteiger partial charge in [-0.05, 0) is 25.8 Å². The van der Waals surface area contributed by atoms with Crippen LogP contribution in [-0.2, 0) is 20.3 Å². The summed E-state index contributed by atoms with van der Waals surface area (Å²) in [6.45, 7) is 4.45. The van der Waals surface area contributed by atoms with Gasteiger partial charge >= 0.3 is 0 Å². The summed E-state index contributed by atoms with van der Waals surface area (Å²) in [7, 11) is -0.769. The molecule has 0 aromatic rings. The van der Waals surface area contributed by atoms with E-state index in [2.05, 4.69) is 12.2 Å². The third kappa shape index (κ3) is 3.52. The van der Waals surface area contributed by atoms with E-state index in [1.165, 1.54) is 19.3 Å². The molecule has 3 unspecified atom stereocenters. The fraction of sp³-hybridized carbons (Fsp3) is 1.00. The van der Waals surface area contributed by atoms with Crippen LogP contribution in [0.5, 0.6) is 0 Å². The first-order chi connectivity index (χ1) is 10.2. The summed E-state index contributed by atoms with van der Waals surface area (Å²) in [5.41, 5.74) is 0. The summed E-state index contributed by atoms with van der Waals surface area (Å²) in [4.78, 5) is 0. The molecule has 3 fully saturated rings. The number of hydrogen-bond donors (Lipinski definition) is 1. The van der Waals surface area contributed by atoms with Crippen LogP contribution in [0.3, 0.4) is 0 Å². The average Bonchev–Trinajstić information content (AvgIpc) is 2.98. The molecule has 1 spiro atoms. The summed E-state index contributed by atoms with van der Waals surface area (Å²) in [6.07, 6.45) is 8.81. The van der Waals surface area contributed by atoms with E-state index < -0.39 is 16.6 Å². The van der Waals surface area contributed by atoms with Crippen LogP contribution in [0.4, 0.5) is 0 Å². The lowest BCUT2D eigenvalue weighted by molar-refractivity contribution is -0.178. The molecule has 21 heavy (non-hydrogen) atoms. The van der Waals surface area contributed by atoms with Gasteiger partial charge in [0.15, 0.2) is 5.79 Å². The summed E-state index contributed by atoms with van der Waals surface area (Å²) in [5.74, 6) is -0.430. The standard InChI is InChI=1S/C16H29NO3S/c1-2-17-14-8-9-16(19-10-11-20-16)12-15(14)21(18)13-6-4-3-5-7-13/h13-15,17H,2-12H2,1H3. The van der Waals surface area contributed by atoms with Crippen molar-refractivity contribution in [3.05, 3.63) is 0 Å². The van der Waals surface area contributed by atoms with Crippen molar-refractivity contribution in [3.63, 3.8) is 0 Å². The molecule has 1 saturated heterocycles. The maximum absolute atomic E-state index is 13.1. The number of ether oxygens (including phenoxy) is 2. The second-order valence-electron chi connectivity index (χ2n) is 6.64. The zero-order valence-electron chi connectivity index (χ0n) is 13.1. The van der Waals surface area contributed by atoms with Crippen LogP contribution < -0.4 is 5.32 Å². The van der Waals surface area contributed by atoms with Crippen LogP contribution in [-0.4, -0.2) is 46.3 Å². The van der Waals surface area contributed by atoms with Crippen molar-refractivity contribution in [1.29, 1.82) is 0 Å². The molecule has 4 nitrogen and oxygen atoms in total. The summed E-state index contributed by atoms with van der Waals surface area (Å²) in [6, 6.07) is 0.358. The number of hydrogen-bond acceptors (Lipinski definition) is 4. The van der Waals surface area contributed by atoms with Gasteiger partial charge in [-0.3, -0.25) is 4.21 Å². The molecular weight excluding hydrogens is 286 g/mol. The van der Waals surface area contributed by atoms with Gasteiger partial charge in [0.25, 0.3) is 0 Å². The van der Waals surface area contributed by atoms with E-state index in [1.54, 1.807) is 0 Å². The van der Waals surface area contributed by atoms with Crippen molar-refractivity contribution in [2.45, 2.75) is 80.6 Å². The monoisotopic (exact) mass is 315 g/mol. The fourth-order valence-electron chi connectivity index (χ4n) is 4.16. The Kier molecular flexibility index (Phi) is 5.36. The van der Waals surface area contributed by atoms with Crippen LogP contribution in [0, 0.1) is 0 Å². The van der Waals surface area contributed by atoms with E-state index in [-0.39, 0.29) is 5.25 Å². The predicted octanol–water partition coefficient (Wildman–Crippen LogP) is 2.34. The second kappa shape index (κ2) is 7.07. The van der Waals surface area contributed by atoms with Crippen molar-refractivity contribution in [2.24, 2.45) is 0 Å². The van der Waals surface area contributed by atoms with Gasteiger partial charge in [0, 0.05) is 34.9 Å². The second-order valence-corrected chi connectivity index (χ2v) is 8.57. The smallest absolute Gasteiger partial charge is 0.169 e. The zero-order chi connectivity index (χ0) is 14.7. The van der Waals surface area contributed by atoms with Gasteiger partial charge in [-0.25, -0.2) is 0 Å². The molecule has 1 heterocycles. The summed E-state index contributed by atoms with van der Waals surface area (Å²) in [5, 5.41) is 4.13. The highest BCUT2D eigenvalue weighted by Gasteiger charge is 2.47. The summed E-state index contributed by atoms with van der Waals surface area (Å²) >= 11 is 0. The minimum absolute atomic E-state index is 0.180. The van der Waals surface area contributed by atoms with E-state index in [0.717, 1.165) is 38.6 Å². The molecule has 1 N–H and O–H groups in total. The zero-order valence-corrected chi connectivity index (χ0v) is 14.0. The van der Waals surface area contributed by atoms with Gasteiger partial charge in [0.05, 0.1) is 18.5 Å². The van der Waals surface area contributed by atoms with E-state index >= 15 is 0 Å². The first-order valence-electron chi connectivity index (χ1n) is 8.65. The van der Waals surface area contributed by atoms with Gasteiger partial charge in [-0.1, -0.05) is 26.2 Å². The molecule has 3 atom stereocenters. The molecule has 0 amide bonds. The Labute approximate surface area is 130 Å². The third-order valence-corrected chi connectivity index (χ3v) is 7.48. The first-order valence-corrected chi connectivity index (χ1v) is 9.92. The third-order valence-electron chi connectivity index (χ3n) is 5.26. The molecule has 122 valence electrons. The van der Waals surface area contributed by atoms with Crippen LogP contribution >= 0.6 is 0 Å². The van der Waals surface area contributed by atoms with Crippen molar-refractivity contribution < 1.29 is 13.7 Å². The number of rotatable bonds is 4. The quantitative estimate of drug-likeness (QED) is 0.865. The highest BCUT2D eigenvalue weighted by atomic mass is 32.2. The lowest BCUT2D eigenvalue weighted by atomic mass is 9.89. The van der Waals surface area contributed by atoms with E-state index in [9.17, 15) is 4.21 Å². The Morgan fingerprint density at radius 2 is 1.86 bits per heavy atom. The molecule has 3 rings (SSSR count). The molecule has 2 saturated carbocycles. The van der Waals surface area contributed by atoms with Crippen LogP contribution in [0.1, 0.15) is 58.3 Å². The Bertz CT molecular complexity index is 365. The lowest BCUT2D eigenvalue weighted by Crippen LogP contribution is -2.54. The fourth-order valence-corrected chi connectivity index (χ4v) is 6.42.